The minimum absolute atomic E-state index is 0.0105. The largest absolute Gasteiger partial charge is 0.496 e. The van der Waals surface area contributed by atoms with Gasteiger partial charge in [0.1, 0.15) is 18.1 Å². The Morgan fingerprint density at radius 3 is 2.54 bits per heavy atom. The van der Waals surface area contributed by atoms with E-state index in [-0.39, 0.29) is 18.5 Å². The molecule has 0 aliphatic heterocycles. The standard InChI is InChI=1S/C31H35N3O3/c1-6-24-14-11-12-22(2)31(24)34(23(3)21-36-4)30(35)20-33-27-16-9-8-15-26(27)32-29(33)19-18-25-13-7-10-17-28(25)37-5/h7-19,23H,6,20-21H2,1-5H3. The van der Waals surface area contributed by atoms with Gasteiger partial charge in [-0.1, -0.05) is 55.5 Å². The molecule has 37 heavy (non-hydrogen) atoms. The van der Waals surface area contributed by atoms with Crippen molar-refractivity contribution in [2.24, 2.45) is 0 Å². The van der Waals surface area contributed by atoms with Gasteiger partial charge in [0.25, 0.3) is 0 Å². The quantitative estimate of drug-likeness (QED) is 0.264. The van der Waals surface area contributed by atoms with Crippen LogP contribution in [0.2, 0.25) is 0 Å². The second kappa shape index (κ2) is 11.9. The summed E-state index contributed by atoms with van der Waals surface area (Å²) in [5, 5.41) is 0. The number of benzene rings is 3. The van der Waals surface area contributed by atoms with Gasteiger partial charge in [-0.15, -0.1) is 0 Å². The lowest BCUT2D eigenvalue weighted by Gasteiger charge is -2.32. The molecule has 1 amide bonds. The summed E-state index contributed by atoms with van der Waals surface area (Å²) in [4.78, 5) is 20.8. The third-order valence-electron chi connectivity index (χ3n) is 6.59. The van der Waals surface area contributed by atoms with Crippen LogP contribution in [0.1, 0.15) is 36.4 Å². The number of nitrogens with zero attached hydrogens (tertiary/aromatic N) is 3. The van der Waals surface area contributed by atoms with Crippen LogP contribution in [0.15, 0.2) is 66.7 Å². The van der Waals surface area contributed by atoms with Crippen LogP contribution in [0, 0.1) is 6.92 Å². The summed E-state index contributed by atoms with van der Waals surface area (Å²) >= 11 is 0. The monoisotopic (exact) mass is 497 g/mol. The van der Waals surface area contributed by atoms with E-state index in [4.69, 9.17) is 14.5 Å². The maximum absolute atomic E-state index is 14.1. The molecular formula is C31H35N3O3. The predicted molar refractivity (Wildman–Crippen MR) is 151 cm³/mol. The van der Waals surface area contributed by atoms with Crippen molar-refractivity contribution in [3.63, 3.8) is 0 Å². The Morgan fingerprint density at radius 2 is 1.78 bits per heavy atom. The number of amides is 1. The molecule has 0 spiro atoms. The average Bonchev–Trinajstić information content (AvgIpc) is 3.25. The second-order valence-corrected chi connectivity index (χ2v) is 9.12. The highest BCUT2D eigenvalue weighted by Crippen LogP contribution is 2.29. The SMILES string of the molecule is CCc1cccc(C)c1N(C(=O)Cn1c(C=Cc2ccccc2OC)nc2ccccc21)C(C)COC. The number of hydrogen-bond donors (Lipinski definition) is 0. The minimum atomic E-state index is -0.133. The molecular weight excluding hydrogens is 462 g/mol. The van der Waals surface area contributed by atoms with Gasteiger partial charge in [-0.25, -0.2) is 4.98 Å². The van der Waals surface area contributed by atoms with Crippen LogP contribution in [0.25, 0.3) is 23.2 Å². The molecule has 1 aromatic heterocycles. The Kier molecular flexibility index (Phi) is 8.41. The normalized spacial score (nSPS) is 12.2. The number of hydrogen-bond acceptors (Lipinski definition) is 4. The molecule has 1 unspecified atom stereocenters. The van der Waals surface area contributed by atoms with Gasteiger partial charge < -0.3 is 18.9 Å². The molecule has 6 heteroatoms. The first kappa shape index (κ1) is 26.2. The number of fused-ring (bicyclic) bond motifs is 1. The molecule has 0 radical (unpaired) electrons. The van der Waals surface area contributed by atoms with Crippen LogP contribution in [0.3, 0.4) is 0 Å². The number of rotatable bonds is 10. The van der Waals surface area contributed by atoms with Gasteiger partial charge in [0.15, 0.2) is 0 Å². The van der Waals surface area contributed by atoms with E-state index < -0.39 is 0 Å². The zero-order valence-corrected chi connectivity index (χ0v) is 22.3. The summed E-state index contributed by atoms with van der Waals surface area (Å²) in [6, 6.07) is 21.8. The number of para-hydroxylation sites is 4. The molecule has 0 saturated heterocycles. The molecule has 0 bridgehead atoms. The first-order valence-electron chi connectivity index (χ1n) is 12.6. The van der Waals surface area contributed by atoms with Crippen LogP contribution in [0.4, 0.5) is 5.69 Å². The zero-order chi connectivity index (χ0) is 26.4. The van der Waals surface area contributed by atoms with Crippen LogP contribution in [-0.2, 0) is 22.5 Å². The van der Waals surface area contributed by atoms with Gasteiger partial charge in [0, 0.05) is 12.7 Å². The number of aromatic nitrogens is 2. The van der Waals surface area contributed by atoms with Crippen molar-refractivity contribution in [2.75, 3.05) is 25.7 Å². The van der Waals surface area contributed by atoms with Crippen LogP contribution in [0.5, 0.6) is 5.75 Å². The van der Waals surface area contributed by atoms with Crippen molar-refractivity contribution < 1.29 is 14.3 Å². The fourth-order valence-electron chi connectivity index (χ4n) is 4.82. The number of aryl methyl sites for hydroxylation is 2. The van der Waals surface area contributed by atoms with E-state index in [0.717, 1.165) is 45.6 Å². The Balaban J connectivity index is 1.77. The number of carbonyl (C=O) groups is 1. The Morgan fingerprint density at radius 1 is 1.03 bits per heavy atom. The minimum Gasteiger partial charge on any atom is -0.496 e. The number of carbonyl (C=O) groups excluding carboxylic acids is 1. The Hall–Kier alpha value is -3.90. The zero-order valence-electron chi connectivity index (χ0n) is 22.3. The van der Waals surface area contributed by atoms with Gasteiger partial charge in [0.05, 0.1) is 36.5 Å². The molecule has 0 aliphatic rings. The molecule has 0 aliphatic carbocycles. The van der Waals surface area contributed by atoms with Gasteiger partial charge >= 0.3 is 0 Å². The number of imidazole rings is 1. The summed E-state index contributed by atoms with van der Waals surface area (Å²) in [5.41, 5.74) is 5.88. The molecule has 3 aromatic carbocycles. The molecule has 0 saturated carbocycles. The molecule has 4 aromatic rings. The van der Waals surface area contributed by atoms with Crippen molar-refractivity contribution in [1.82, 2.24) is 9.55 Å². The summed E-state index contributed by atoms with van der Waals surface area (Å²) in [7, 11) is 3.33. The van der Waals surface area contributed by atoms with E-state index in [1.807, 2.05) is 83.1 Å². The maximum Gasteiger partial charge on any atom is 0.247 e. The highest BCUT2D eigenvalue weighted by molar-refractivity contribution is 5.96. The topological polar surface area (TPSA) is 56.6 Å². The van der Waals surface area contributed by atoms with Crippen molar-refractivity contribution >= 4 is 34.8 Å². The second-order valence-electron chi connectivity index (χ2n) is 9.12. The van der Waals surface area contributed by atoms with Crippen LogP contribution >= 0.6 is 0 Å². The fraction of sp³-hybridized carbons (Fsp3) is 0.290. The molecule has 1 atom stereocenters. The molecule has 0 fully saturated rings. The van der Waals surface area contributed by atoms with E-state index in [1.54, 1.807) is 14.2 Å². The first-order valence-corrected chi connectivity index (χ1v) is 12.6. The van der Waals surface area contributed by atoms with Crippen LogP contribution in [-0.4, -0.2) is 42.3 Å². The average molecular weight is 498 g/mol. The lowest BCUT2D eigenvalue weighted by Crippen LogP contribution is -2.44. The molecule has 4 rings (SSSR count). The summed E-state index contributed by atoms with van der Waals surface area (Å²) in [5.74, 6) is 1.48. The number of ether oxygens (including phenoxy) is 2. The summed E-state index contributed by atoms with van der Waals surface area (Å²) < 4.78 is 13.0. The van der Waals surface area contributed by atoms with Gasteiger partial charge in [-0.3, -0.25) is 4.79 Å². The Bertz CT molecular complexity index is 1410. The smallest absolute Gasteiger partial charge is 0.247 e. The fourth-order valence-corrected chi connectivity index (χ4v) is 4.82. The summed E-state index contributed by atoms with van der Waals surface area (Å²) in [6.45, 7) is 6.79. The van der Waals surface area contributed by atoms with E-state index in [1.165, 1.54) is 0 Å². The number of methoxy groups -OCH3 is 2. The van der Waals surface area contributed by atoms with Gasteiger partial charge in [-0.2, -0.15) is 0 Å². The highest BCUT2D eigenvalue weighted by Gasteiger charge is 2.26. The molecule has 1 heterocycles. The third-order valence-corrected chi connectivity index (χ3v) is 6.59. The Labute approximate surface area is 219 Å². The van der Waals surface area contributed by atoms with E-state index in [0.29, 0.717) is 12.4 Å². The van der Waals surface area contributed by atoms with Crippen molar-refractivity contribution in [2.45, 2.75) is 39.8 Å². The van der Waals surface area contributed by atoms with E-state index >= 15 is 0 Å². The van der Waals surface area contributed by atoms with E-state index in [9.17, 15) is 4.79 Å². The van der Waals surface area contributed by atoms with Crippen molar-refractivity contribution in [3.8, 4) is 5.75 Å². The van der Waals surface area contributed by atoms with Gasteiger partial charge in [-0.05, 0) is 61.7 Å². The lowest BCUT2D eigenvalue weighted by atomic mass is 10.0. The first-order chi connectivity index (χ1) is 18.0. The number of anilines is 1. The van der Waals surface area contributed by atoms with Crippen molar-refractivity contribution in [3.05, 3.63) is 89.2 Å². The van der Waals surface area contributed by atoms with Gasteiger partial charge in [0.2, 0.25) is 5.91 Å². The highest BCUT2D eigenvalue weighted by atomic mass is 16.5. The lowest BCUT2D eigenvalue weighted by molar-refractivity contribution is -0.119. The molecule has 6 nitrogen and oxygen atoms in total. The predicted octanol–water partition coefficient (Wildman–Crippen LogP) is 6.15. The van der Waals surface area contributed by atoms with E-state index in [2.05, 4.69) is 26.0 Å². The molecule has 192 valence electrons. The van der Waals surface area contributed by atoms with Crippen molar-refractivity contribution in [1.29, 1.82) is 0 Å². The molecule has 0 N–H and O–H groups in total. The third kappa shape index (κ3) is 5.59. The maximum atomic E-state index is 14.1. The summed E-state index contributed by atoms with van der Waals surface area (Å²) in [6.07, 6.45) is 4.75. The van der Waals surface area contributed by atoms with Crippen LogP contribution < -0.4 is 9.64 Å².